The number of nitrogens with one attached hydrogen (secondary N) is 1. The molecule has 1 aromatic carbocycles. The highest BCUT2D eigenvalue weighted by Gasteiger charge is 2.09. The average Bonchev–Trinajstić information content (AvgIpc) is 2.41. The number of nitrogens with zero attached hydrogens (tertiary/aromatic N) is 2. The first-order chi connectivity index (χ1) is 10.3. The van der Waals surface area contributed by atoms with E-state index in [0.717, 1.165) is 33.8 Å². The fraction of sp³-hybridized carbons (Fsp3) is 0.353. The van der Waals surface area contributed by atoms with Gasteiger partial charge in [0.05, 0.1) is 5.75 Å². The van der Waals surface area contributed by atoms with Gasteiger partial charge in [0.1, 0.15) is 0 Å². The van der Waals surface area contributed by atoms with E-state index in [1.165, 1.54) is 11.8 Å². The molecular weight excluding hydrogens is 294 g/mol. The van der Waals surface area contributed by atoms with Gasteiger partial charge < -0.3 is 5.32 Å². The van der Waals surface area contributed by atoms with Crippen LogP contribution in [0.5, 0.6) is 0 Å². The second-order valence-electron chi connectivity index (χ2n) is 5.52. The van der Waals surface area contributed by atoms with Gasteiger partial charge in [0.15, 0.2) is 5.16 Å². The number of hydrogen-bond acceptors (Lipinski definition) is 4. The van der Waals surface area contributed by atoms with Gasteiger partial charge in [0.2, 0.25) is 5.91 Å². The highest BCUT2D eigenvalue weighted by molar-refractivity contribution is 7.99. The largest absolute Gasteiger partial charge is 0.325 e. The molecule has 0 aliphatic rings. The Labute approximate surface area is 135 Å². The number of carbonyl (C=O) groups is 1. The average molecular weight is 315 g/mol. The number of aryl methyl sites for hydroxylation is 4. The Hall–Kier alpha value is -1.88. The third-order valence-electron chi connectivity index (χ3n) is 3.45. The summed E-state index contributed by atoms with van der Waals surface area (Å²) in [7, 11) is 0. The van der Waals surface area contributed by atoms with Gasteiger partial charge >= 0.3 is 0 Å². The number of carbonyl (C=O) groups excluding carboxylic acids is 1. The van der Waals surface area contributed by atoms with E-state index in [0.29, 0.717) is 10.9 Å². The van der Waals surface area contributed by atoms with E-state index < -0.39 is 0 Å². The van der Waals surface area contributed by atoms with Gasteiger partial charge in [-0.05, 0) is 63.4 Å². The molecular formula is C17H21N3OS. The fourth-order valence-electron chi connectivity index (χ4n) is 2.18. The molecule has 0 fully saturated rings. The van der Waals surface area contributed by atoms with Crippen LogP contribution in [0.25, 0.3) is 0 Å². The van der Waals surface area contributed by atoms with Gasteiger partial charge in [0.25, 0.3) is 0 Å². The van der Waals surface area contributed by atoms with Crippen molar-refractivity contribution in [2.75, 3.05) is 11.1 Å². The van der Waals surface area contributed by atoms with Crippen molar-refractivity contribution in [3.63, 3.8) is 0 Å². The lowest BCUT2D eigenvalue weighted by Crippen LogP contribution is -2.14. The highest BCUT2D eigenvalue weighted by atomic mass is 32.2. The van der Waals surface area contributed by atoms with Gasteiger partial charge in [-0.15, -0.1) is 0 Å². The molecule has 22 heavy (non-hydrogen) atoms. The number of anilines is 1. The second kappa shape index (κ2) is 6.92. The SMILES string of the molecule is Cc1cc(C)cc(NC(=O)CSc2nc(C)c(C)c(C)n2)c1. The summed E-state index contributed by atoms with van der Waals surface area (Å²) < 4.78 is 0. The Morgan fingerprint density at radius 3 is 2.09 bits per heavy atom. The lowest BCUT2D eigenvalue weighted by atomic mass is 10.1. The zero-order valence-corrected chi connectivity index (χ0v) is 14.5. The summed E-state index contributed by atoms with van der Waals surface area (Å²) in [6.07, 6.45) is 0. The van der Waals surface area contributed by atoms with Crippen LogP contribution in [-0.4, -0.2) is 21.6 Å². The van der Waals surface area contributed by atoms with Crippen molar-refractivity contribution in [1.82, 2.24) is 9.97 Å². The third-order valence-corrected chi connectivity index (χ3v) is 4.30. The molecule has 1 amide bonds. The molecule has 1 heterocycles. The van der Waals surface area contributed by atoms with Crippen molar-refractivity contribution in [1.29, 1.82) is 0 Å². The predicted molar refractivity (Wildman–Crippen MR) is 91.5 cm³/mol. The summed E-state index contributed by atoms with van der Waals surface area (Å²) in [6, 6.07) is 6.01. The number of rotatable bonds is 4. The number of aromatic nitrogens is 2. The molecule has 2 rings (SSSR count). The van der Waals surface area contributed by atoms with Crippen LogP contribution in [0, 0.1) is 34.6 Å². The molecule has 0 unspecified atom stereocenters. The van der Waals surface area contributed by atoms with Gasteiger partial charge in [-0.3, -0.25) is 4.79 Å². The molecule has 116 valence electrons. The normalized spacial score (nSPS) is 10.6. The minimum atomic E-state index is -0.0468. The van der Waals surface area contributed by atoms with Crippen LogP contribution < -0.4 is 5.32 Å². The van der Waals surface area contributed by atoms with Gasteiger partial charge in [-0.1, -0.05) is 17.8 Å². The van der Waals surface area contributed by atoms with Crippen LogP contribution in [0.4, 0.5) is 5.69 Å². The van der Waals surface area contributed by atoms with E-state index in [1.807, 2.05) is 46.8 Å². The monoisotopic (exact) mass is 315 g/mol. The Kier molecular flexibility index (Phi) is 5.19. The van der Waals surface area contributed by atoms with E-state index >= 15 is 0 Å². The molecule has 5 heteroatoms. The first-order valence-electron chi connectivity index (χ1n) is 7.18. The van der Waals surface area contributed by atoms with Crippen molar-refractivity contribution < 1.29 is 4.79 Å². The van der Waals surface area contributed by atoms with E-state index in [2.05, 4.69) is 21.4 Å². The lowest BCUT2D eigenvalue weighted by molar-refractivity contribution is -0.113. The summed E-state index contributed by atoms with van der Waals surface area (Å²) in [4.78, 5) is 20.9. The molecule has 0 bridgehead atoms. The van der Waals surface area contributed by atoms with Gasteiger partial charge in [-0.2, -0.15) is 0 Å². The topological polar surface area (TPSA) is 54.9 Å². The molecule has 0 aliphatic heterocycles. The summed E-state index contributed by atoms with van der Waals surface area (Å²) in [5, 5.41) is 3.57. The summed E-state index contributed by atoms with van der Waals surface area (Å²) in [5.41, 5.74) is 6.13. The van der Waals surface area contributed by atoms with Crippen molar-refractivity contribution in [2.45, 2.75) is 39.8 Å². The molecule has 1 aromatic heterocycles. The Morgan fingerprint density at radius 1 is 1.00 bits per heavy atom. The lowest BCUT2D eigenvalue weighted by Gasteiger charge is -2.08. The molecule has 0 saturated carbocycles. The van der Waals surface area contributed by atoms with Gasteiger partial charge in [0, 0.05) is 17.1 Å². The van der Waals surface area contributed by atoms with E-state index in [1.54, 1.807) is 0 Å². The number of hydrogen-bond donors (Lipinski definition) is 1. The third kappa shape index (κ3) is 4.31. The molecule has 0 radical (unpaired) electrons. The standard InChI is InChI=1S/C17H21N3OS/c1-10-6-11(2)8-15(7-10)20-16(21)9-22-17-18-13(4)12(3)14(5)19-17/h6-8H,9H2,1-5H3,(H,20,21). The van der Waals surface area contributed by atoms with Gasteiger partial charge in [-0.25, -0.2) is 9.97 Å². The quantitative estimate of drug-likeness (QED) is 0.689. The minimum absolute atomic E-state index is 0.0468. The zero-order valence-electron chi connectivity index (χ0n) is 13.7. The first kappa shape index (κ1) is 16.5. The maximum absolute atomic E-state index is 12.1. The molecule has 4 nitrogen and oxygen atoms in total. The fourth-order valence-corrected chi connectivity index (χ4v) is 2.92. The van der Waals surface area contributed by atoms with E-state index in [-0.39, 0.29) is 5.91 Å². The Balaban J connectivity index is 1.98. The molecule has 2 aromatic rings. The smallest absolute Gasteiger partial charge is 0.234 e. The van der Waals surface area contributed by atoms with E-state index in [4.69, 9.17) is 0 Å². The van der Waals surface area contributed by atoms with Crippen LogP contribution in [0.1, 0.15) is 28.1 Å². The summed E-state index contributed by atoms with van der Waals surface area (Å²) >= 11 is 1.36. The van der Waals surface area contributed by atoms with Crippen molar-refractivity contribution in [3.05, 3.63) is 46.3 Å². The molecule has 0 saturated heterocycles. The van der Waals surface area contributed by atoms with Crippen molar-refractivity contribution in [3.8, 4) is 0 Å². The van der Waals surface area contributed by atoms with Crippen molar-refractivity contribution >= 4 is 23.4 Å². The molecule has 0 aliphatic carbocycles. The van der Waals surface area contributed by atoms with Crippen LogP contribution in [0.2, 0.25) is 0 Å². The van der Waals surface area contributed by atoms with E-state index in [9.17, 15) is 4.79 Å². The molecule has 0 atom stereocenters. The summed E-state index contributed by atoms with van der Waals surface area (Å²) in [6.45, 7) is 9.96. The first-order valence-corrected chi connectivity index (χ1v) is 8.16. The zero-order chi connectivity index (χ0) is 16.3. The predicted octanol–water partition coefficient (Wildman–Crippen LogP) is 3.75. The summed E-state index contributed by atoms with van der Waals surface area (Å²) in [5.74, 6) is 0.254. The second-order valence-corrected chi connectivity index (χ2v) is 6.46. The maximum atomic E-state index is 12.1. The van der Waals surface area contributed by atoms with Crippen LogP contribution in [0.3, 0.4) is 0 Å². The Morgan fingerprint density at radius 2 is 1.55 bits per heavy atom. The van der Waals surface area contributed by atoms with Crippen LogP contribution >= 0.6 is 11.8 Å². The number of thioether (sulfide) groups is 1. The highest BCUT2D eigenvalue weighted by Crippen LogP contribution is 2.18. The number of benzene rings is 1. The minimum Gasteiger partial charge on any atom is -0.325 e. The number of amides is 1. The van der Waals surface area contributed by atoms with Crippen LogP contribution in [0.15, 0.2) is 23.4 Å². The van der Waals surface area contributed by atoms with Crippen LogP contribution in [-0.2, 0) is 4.79 Å². The Bertz CT molecular complexity index is 670. The molecule has 0 spiro atoms. The maximum Gasteiger partial charge on any atom is 0.234 e. The molecule has 1 N–H and O–H groups in total. The van der Waals surface area contributed by atoms with Crippen molar-refractivity contribution in [2.24, 2.45) is 0 Å².